The molecule has 0 spiro atoms. The molecule has 0 unspecified atom stereocenters. The monoisotopic (exact) mass is 474 g/mol. The number of halogens is 2. The molecule has 0 saturated carbocycles. The Balaban J connectivity index is 1.94. The maximum atomic E-state index is 10.4. The molecule has 4 aromatic carbocycles. The molecular formula is C20H12Br2O2S. The molecule has 0 aliphatic carbocycles. The Morgan fingerprint density at radius 2 is 1.04 bits per heavy atom. The number of hydrogen-bond donors (Lipinski definition) is 2. The first-order valence-electron chi connectivity index (χ1n) is 7.53. The van der Waals surface area contributed by atoms with E-state index in [1.54, 1.807) is 12.1 Å². The van der Waals surface area contributed by atoms with E-state index in [1.165, 1.54) is 11.8 Å². The van der Waals surface area contributed by atoms with E-state index < -0.39 is 0 Å². The van der Waals surface area contributed by atoms with E-state index >= 15 is 0 Å². The maximum absolute atomic E-state index is 10.4. The molecule has 4 rings (SSSR count). The Kier molecular flexibility index (Phi) is 4.40. The number of benzene rings is 4. The van der Waals surface area contributed by atoms with Gasteiger partial charge in [-0.3, -0.25) is 0 Å². The van der Waals surface area contributed by atoms with Gasteiger partial charge in [0.2, 0.25) is 0 Å². The fraction of sp³-hybridized carbons (Fsp3) is 0. The van der Waals surface area contributed by atoms with Gasteiger partial charge in [-0.1, -0.05) is 67.9 Å². The van der Waals surface area contributed by atoms with Gasteiger partial charge < -0.3 is 10.2 Å². The first kappa shape index (κ1) is 16.8. The summed E-state index contributed by atoms with van der Waals surface area (Å²) in [6.45, 7) is 0. The van der Waals surface area contributed by atoms with Gasteiger partial charge in [-0.05, 0) is 57.9 Å². The van der Waals surface area contributed by atoms with E-state index in [0.29, 0.717) is 0 Å². The van der Waals surface area contributed by atoms with Crippen LogP contribution in [0.1, 0.15) is 0 Å². The predicted octanol–water partition coefficient (Wildman–Crippen LogP) is 7.08. The number of fused-ring (bicyclic) bond motifs is 2. The Hall–Kier alpha value is -1.69. The molecule has 0 aliphatic heterocycles. The lowest BCUT2D eigenvalue weighted by molar-refractivity contribution is 0.462. The Labute approximate surface area is 165 Å². The van der Waals surface area contributed by atoms with Crippen molar-refractivity contribution >= 4 is 65.2 Å². The second-order valence-corrected chi connectivity index (χ2v) is 8.51. The van der Waals surface area contributed by atoms with E-state index in [0.717, 1.165) is 40.3 Å². The van der Waals surface area contributed by atoms with Crippen LogP contribution < -0.4 is 0 Å². The number of rotatable bonds is 2. The lowest BCUT2D eigenvalue weighted by Crippen LogP contribution is -1.84. The normalized spacial score (nSPS) is 11.3. The first-order chi connectivity index (χ1) is 12.0. The summed E-state index contributed by atoms with van der Waals surface area (Å²) < 4.78 is 1.97. The van der Waals surface area contributed by atoms with Crippen LogP contribution in [0.15, 0.2) is 79.4 Å². The highest BCUT2D eigenvalue weighted by atomic mass is 79.9. The van der Waals surface area contributed by atoms with Crippen molar-refractivity contribution in [2.24, 2.45) is 0 Å². The zero-order valence-electron chi connectivity index (χ0n) is 12.8. The van der Waals surface area contributed by atoms with E-state index in [1.807, 2.05) is 48.5 Å². The standard InChI is InChI=1S/C20H12Br2O2S/c21-13-3-5-15-11(9-13)1-7-17(23)19(15)25-20-16-6-4-14(22)10-12(16)2-8-18(20)24/h1-10,23-24H. The highest BCUT2D eigenvalue weighted by Gasteiger charge is 2.14. The van der Waals surface area contributed by atoms with Crippen LogP contribution in [0.2, 0.25) is 0 Å². The second-order valence-electron chi connectivity index (χ2n) is 5.66. The molecule has 0 atom stereocenters. The van der Waals surface area contributed by atoms with E-state index in [2.05, 4.69) is 31.9 Å². The van der Waals surface area contributed by atoms with Gasteiger partial charge in [0, 0.05) is 8.95 Å². The third kappa shape index (κ3) is 3.12. The van der Waals surface area contributed by atoms with Crippen molar-refractivity contribution in [2.45, 2.75) is 9.79 Å². The van der Waals surface area contributed by atoms with Crippen LogP contribution in [-0.4, -0.2) is 10.2 Å². The Bertz CT molecular complexity index is 1040. The largest absolute Gasteiger partial charge is 0.507 e. The van der Waals surface area contributed by atoms with Gasteiger partial charge in [0.1, 0.15) is 11.5 Å². The molecule has 124 valence electrons. The zero-order chi connectivity index (χ0) is 17.6. The van der Waals surface area contributed by atoms with E-state index in [4.69, 9.17) is 0 Å². The SMILES string of the molecule is Oc1ccc2cc(Br)ccc2c1Sc1c(O)ccc2cc(Br)ccc12. The summed E-state index contributed by atoms with van der Waals surface area (Å²) in [6.07, 6.45) is 0. The summed E-state index contributed by atoms with van der Waals surface area (Å²) in [5.41, 5.74) is 0. The number of phenols is 2. The second kappa shape index (κ2) is 6.56. The van der Waals surface area contributed by atoms with Crippen LogP contribution in [0.25, 0.3) is 21.5 Å². The summed E-state index contributed by atoms with van der Waals surface area (Å²) in [5.74, 6) is 0.404. The molecular weight excluding hydrogens is 464 g/mol. The average molecular weight is 476 g/mol. The maximum Gasteiger partial charge on any atom is 0.130 e. The fourth-order valence-electron chi connectivity index (χ4n) is 2.84. The van der Waals surface area contributed by atoms with Gasteiger partial charge in [-0.15, -0.1) is 0 Å². The average Bonchev–Trinajstić information content (AvgIpc) is 2.59. The molecule has 0 aromatic heterocycles. The van der Waals surface area contributed by atoms with Crippen molar-refractivity contribution in [3.05, 3.63) is 69.6 Å². The van der Waals surface area contributed by atoms with Gasteiger partial charge in [-0.25, -0.2) is 0 Å². The molecule has 0 heterocycles. The molecule has 0 bridgehead atoms. The summed E-state index contributed by atoms with van der Waals surface area (Å²) in [4.78, 5) is 1.46. The number of hydrogen-bond acceptors (Lipinski definition) is 3. The molecule has 2 N–H and O–H groups in total. The number of phenolic OH excluding ortho intramolecular Hbond substituents is 2. The van der Waals surface area contributed by atoms with Gasteiger partial charge in [0.25, 0.3) is 0 Å². The third-order valence-corrected chi connectivity index (χ3v) is 6.28. The zero-order valence-corrected chi connectivity index (χ0v) is 16.8. The molecule has 0 radical (unpaired) electrons. The highest BCUT2D eigenvalue weighted by molar-refractivity contribution is 9.10. The molecule has 5 heteroatoms. The van der Waals surface area contributed by atoms with Crippen LogP contribution in [-0.2, 0) is 0 Å². The molecule has 0 saturated heterocycles. The van der Waals surface area contributed by atoms with Crippen LogP contribution in [0.4, 0.5) is 0 Å². The van der Waals surface area contributed by atoms with Crippen LogP contribution >= 0.6 is 43.6 Å². The van der Waals surface area contributed by atoms with Crippen molar-refractivity contribution in [1.29, 1.82) is 0 Å². The summed E-state index contributed by atoms with van der Waals surface area (Å²) in [5, 5.41) is 24.8. The molecule has 2 nitrogen and oxygen atoms in total. The smallest absolute Gasteiger partial charge is 0.130 e. The molecule has 0 fully saturated rings. The van der Waals surface area contributed by atoms with Gasteiger partial charge >= 0.3 is 0 Å². The Morgan fingerprint density at radius 1 is 0.600 bits per heavy atom. The summed E-state index contributed by atoms with van der Waals surface area (Å²) >= 11 is 8.34. The van der Waals surface area contributed by atoms with Crippen molar-refractivity contribution in [1.82, 2.24) is 0 Å². The van der Waals surface area contributed by atoms with E-state index in [-0.39, 0.29) is 11.5 Å². The minimum atomic E-state index is 0.202. The molecule has 25 heavy (non-hydrogen) atoms. The van der Waals surface area contributed by atoms with Crippen LogP contribution in [0.3, 0.4) is 0 Å². The van der Waals surface area contributed by atoms with Crippen molar-refractivity contribution < 1.29 is 10.2 Å². The lowest BCUT2D eigenvalue weighted by Gasteiger charge is -2.13. The first-order valence-corrected chi connectivity index (χ1v) is 9.93. The van der Waals surface area contributed by atoms with Gasteiger partial charge in [-0.2, -0.15) is 0 Å². The highest BCUT2D eigenvalue weighted by Crippen LogP contribution is 2.46. The van der Waals surface area contributed by atoms with Crippen LogP contribution in [0.5, 0.6) is 11.5 Å². The summed E-state index contributed by atoms with van der Waals surface area (Å²) in [7, 11) is 0. The third-order valence-electron chi connectivity index (χ3n) is 4.03. The predicted molar refractivity (Wildman–Crippen MR) is 111 cm³/mol. The van der Waals surface area contributed by atoms with E-state index in [9.17, 15) is 10.2 Å². The molecule has 0 aliphatic rings. The van der Waals surface area contributed by atoms with Gasteiger partial charge in [0.05, 0.1) is 9.79 Å². The quantitative estimate of drug-likeness (QED) is 0.325. The minimum Gasteiger partial charge on any atom is -0.507 e. The van der Waals surface area contributed by atoms with Gasteiger partial charge in [0.15, 0.2) is 0 Å². The lowest BCUT2D eigenvalue weighted by atomic mass is 10.1. The summed E-state index contributed by atoms with van der Waals surface area (Å²) in [6, 6.07) is 19.0. The van der Waals surface area contributed by atoms with Crippen molar-refractivity contribution in [3.8, 4) is 11.5 Å². The molecule has 4 aromatic rings. The molecule has 0 amide bonds. The number of aromatic hydroxyl groups is 2. The van der Waals surface area contributed by atoms with Crippen molar-refractivity contribution in [2.75, 3.05) is 0 Å². The van der Waals surface area contributed by atoms with Crippen molar-refractivity contribution in [3.63, 3.8) is 0 Å². The van der Waals surface area contributed by atoms with Crippen LogP contribution in [0, 0.1) is 0 Å². The Morgan fingerprint density at radius 3 is 1.48 bits per heavy atom. The topological polar surface area (TPSA) is 40.5 Å². The fourth-order valence-corrected chi connectivity index (χ4v) is 4.74. The minimum absolute atomic E-state index is 0.202.